The molecular weight excluding hydrogens is 321 g/mol. The summed E-state index contributed by atoms with van der Waals surface area (Å²) in [5.74, 6) is 0.305. The average Bonchev–Trinajstić information content (AvgIpc) is 2.80. The number of aromatic nitrogens is 2. The van der Waals surface area contributed by atoms with E-state index in [1.807, 2.05) is 6.07 Å². The number of nitrogens with zero attached hydrogens (tertiary/aromatic N) is 2. The van der Waals surface area contributed by atoms with Crippen molar-refractivity contribution in [2.24, 2.45) is 0 Å². The van der Waals surface area contributed by atoms with Crippen molar-refractivity contribution in [1.82, 2.24) is 9.78 Å². The molecule has 0 unspecified atom stereocenters. The third kappa shape index (κ3) is 3.88. The van der Waals surface area contributed by atoms with Crippen LogP contribution in [-0.4, -0.2) is 24.0 Å². The van der Waals surface area contributed by atoms with Crippen LogP contribution in [0.2, 0.25) is 10.0 Å². The topological polar surface area (TPSA) is 64.0 Å². The van der Waals surface area contributed by atoms with E-state index in [-0.39, 0.29) is 5.75 Å². The second kappa shape index (κ2) is 6.03. The van der Waals surface area contributed by atoms with Crippen molar-refractivity contribution in [1.29, 1.82) is 0 Å². The number of benzene rings is 1. The van der Waals surface area contributed by atoms with E-state index >= 15 is 0 Å². The molecule has 2 rings (SSSR count). The van der Waals surface area contributed by atoms with Gasteiger partial charge in [-0.3, -0.25) is 9.40 Å². The third-order valence-corrected chi connectivity index (χ3v) is 4.63. The van der Waals surface area contributed by atoms with Gasteiger partial charge in [0.2, 0.25) is 10.0 Å². The highest BCUT2D eigenvalue weighted by Crippen LogP contribution is 2.23. The normalized spacial score (nSPS) is 11.6. The van der Waals surface area contributed by atoms with E-state index < -0.39 is 10.0 Å². The van der Waals surface area contributed by atoms with Crippen LogP contribution < -0.4 is 4.72 Å². The van der Waals surface area contributed by atoms with Crippen LogP contribution in [0.5, 0.6) is 0 Å². The second-order valence-corrected chi connectivity index (χ2v) is 6.98. The van der Waals surface area contributed by atoms with Crippen molar-refractivity contribution in [3.05, 3.63) is 46.1 Å². The molecule has 1 N–H and O–H groups in total. The Morgan fingerprint density at radius 1 is 1.25 bits per heavy atom. The monoisotopic (exact) mass is 333 g/mol. The lowest BCUT2D eigenvalue weighted by atomic mass is 10.2. The van der Waals surface area contributed by atoms with Crippen molar-refractivity contribution in [3.63, 3.8) is 0 Å². The Morgan fingerprint density at radius 3 is 2.65 bits per heavy atom. The predicted octanol–water partition coefficient (Wildman–Crippen LogP) is 3.00. The quantitative estimate of drug-likeness (QED) is 0.914. The van der Waals surface area contributed by atoms with Crippen LogP contribution in [0.15, 0.2) is 30.5 Å². The molecule has 1 aromatic heterocycles. The van der Waals surface area contributed by atoms with E-state index in [4.69, 9.17) is 23.2 Å². The maximum absolute atomic E-state index is 11.4. The Morgan fingerprint density at radius 2 is 2.00 bits per heavy atom. The van der Waals surface area contributed by atoms with Crippen LogP contribution in [0.1, 0.15) is 12.5 Å². The van der Waals surface area contributed by atoms with Gasteiger partial charge in [0.05, 0.1) is 22.3 Å². The molecule has 20 heavy (non-hydrogen) atoms. The van der Waals surface area contributed by atoms with Gasteiger partial charge in [0.1, 0.15) is 0 Å². The zero-order valence-corrected chi connectivity index (χ0v) is 13.0. The van der Waals surface area contributed by atoms with Crippen molar-refractivity contribution in [3.8, 4) is 0 Å². The fourth-order valence-electron chi connectivity index (χ4n) is 1.56. The van der Waals surface area contributed by atoms with Gasteiger partial charge >= 0.3 is 0 Å². The molecule has 0 saturated carbocycles. The van der Waals surface area contributed by atoms with E-state index in [0.717, 1.165) is 5.56 Å². The largest absolute Gasteiger partial charge is 0.266 e. The molecule has 0 radical (unpaired) electrons. The van der Waals surface area contributed by atoms with E-state index in [1.165, 1.54) is 0 Å². The van der Waals surface area contributed by atoms with Crippen LogP contribution in [0.25, 0.3) is 0 Å². The highest BCUT2D eigenvalue weighted by molar-refractivity contribution is 7.92. The molecule has 0 aliphatic heterocycles. The van der Waals surface area contributed by atoms with Crippen molar-refractivity contribution in [2.45, 2.75) is 13.5 Å². The van der Waals surface area contributed by atoms with Crippen LogP contribution in [0.4, 0.5) is 5.82 Å². The van der Waals surface area contributed by atoms with E-state index in [2.05, 4.69) is 9.82 Å². The molecule has 108 valence electrons. The standard InChI is InChI=1S/C12H13Cl2N3O2S/c1-2-20(18,19)16-12-5-6-17(15-12)8-9-3-4-10(13)11(14)7-9/h3-7H,2,8H2,1H3,(H,15,16). The van der Waals surface area contributed by atoms with Crippen LogP contribution in [0.3, 0.4) is 0 Å². The van der Waals surface area contributed by atoms with Gasteiger partial charge in [-0.05, 0) is 24.6 Å². The molecule has 0 fully saturated rings. The molecule has 8 heteroatoms. The van der Waals surface area contributed by atoms with Gasteiger partial charge in [0, 0.05) is 12.3 Å². The van der Waals surface area contributed by atoms with E-state index in [9.17, 15) is 8.42 Å². The summed E-state index contributed by atoms with van der Waals surface area (Å²) in [6.07, 6.45) is 1.69. The minimum Gasteiger partial charge on any atom is -0.266 e. The smallest absolute Gasteiger partial charge is 0.233 e. The van der Waals surface area contributed by atoms with Gasteiger partial charge in [-0.1, -0.05) is 29.3 Å². The summed E-state index contributed by atoms with van der Waals surface area (Å²) in [5, 5.41) is 5.11. The van der Waals surface area contributed by atoms with Gasteiger partial charge in [-0.2, -0.15) is 5.10 Å². The van der Waals surface area contributed by atoms with Crippen molar-refractivity contribution in [2.75, 3.05) is 10.5 Å². The summed E-state index contributed by atoms with van der Waals surface area (Å²) in [4.78, 5) is 0. The van der Waals surface area contributed by atoms with E-state index in [0.29, 0.717) is 22.4 Å². The van der Waals surface area contributed by atoms with Gasteiger partial charge < -0.3 is 0 Å². The van der Waals surface area contributed by atoms with Crippen LogP contribution >= 0.6 is 23.2 Å². The Bertz CT molecular complexity index is 713. The third-order valence-electron chi connectivity index (χ3n) is 2.61. The summed E-state index contributed by atoms with van der Waals surface area (Å²) in [6.45, 7) is 2.04. The fraction of sp³-hybridized carbons (Fsp3) is 0.250. The number of sulfonamides is 1. The molecular formula is C12H13Cl2N3O2S. The Hall–Kier alpha value is -1.24. The summed E-state index contributed by atoms with van der Waals surface area (Å²) in [7, 11) is -3.31. The molecule has 0 bridgehead atoms. The first-order chi connectivity index (χ1) is 9.39. The first-order valence-corrected chi connectivity index (χ1v) is 8.28. The molecule has 2 aromatic rings. The number of hydrogen-bond donors (Lipinski definition) is 1. The number of hydrogen-bond acceptors (Lipinski definition) is 3. The van der Waals surface area contributed by atoms with Crippen LogP contribution in [-0.2, 0) is 16.6 Å². The molecule has 0 spiro atoms. The Kier molecular flexibility index (Phi) is 4.57. The molecule has 0 aliphatic rings. The zero-order valence-electron chi connectivity index (χ0n) is 10.7. The number of halogens is 2. The molecule has 0 amide bonds. The summed E-state index contributed by atoms with van der Waals surface area (Å²) in [5.41, 5.74) is 0.924. The van der Waals surface area contributed by atoms with Gasteiger partial charge in [0.25, 0.3) is 0 Å². The minimum absolute atomic E-state index is 0.00660. The maximum atomic E-state index is 11.4. The predicted molar refractivity (Wildman–Crippen MR) is 80.9 cm³/mol. The molecule has 1 aromatic carbocycles. The number of nitrogens with one attached hydrogen (secondary N) is 1. The molecule has 0 saturated heterocycles. The lowest BCUT2D eigenvalue weighted by molar-refractivity contribution is 0.602. The summed E-state index contributed by atoms with van der Waals surface area (Å²) >= 11 is 11.8. The summed E-state index contributed by atoms with van der Waals surface area (Å²) < 4.78 is 26.9. The van der Waals surface area contributed by atoms with E-state index in [1.54, 1.807) is 36.0 Å². The van der Waals surface area contributed by atoms with Crippen molar-refractivity contribution < 1.29 is 8.42 Å². The SMILES string of the molecule is CCS(=O)(=O)Nc1ccn(Cc2ccc(Cl)c(Cl)c2)n1. The lowest BCUT2D eigenvalue weighted by Gasteiger charge is -2.04. The molecule has 5 nitrogen and oxygen atoms in total. The van der Waals surface area contributed by atoms with Crippen LogP contribution in [0, 0.1) is 0 Å². The number of anilines is 1. The maximum Gasteiger partial charge on any atom is 0.233 e. The number of rotatable bonds is 5. The highest BCUT2D eigenvalue weighted by atomic mass is 35.5. The average molecular weight is 334 g/mol. The summed E-state index contributed by atoms with van der Waals surface area (Å²) in [6, 6.07) is 6.90. The first kappa shape index (κ1) is 15.2. The Balaban J connectivity index is 2.11. The highest BCUT2D eigenvalue weighted by Gasteiger charge is 2.09. The minimum atomic E-state index is -3.31. The lowest BCUT2D eigenvalue weighted by Crippen LogP contribution is -2.15. The molecule has 1 heterocycles. The Labute approximate surface area is 127 Å². The van der Waals surface area contributed by atoms with Gasteiger partial charge in [-0.15, -0.1) is 0 Å². The van der Waals surface area contributed by atoms with Gasteiger partial charge in [0.15, 0.2) is 5.82 Å². The molecule has 0 atom stereocenters. The first-order valence-electron chi connectivity index (χ1n) is 5.87. The molecule has 0 aliphatic carbocycles. The van der Waals surface area contributed by atoms with Crippen molar-refractivity contribution >= 4 is 39.0 Å². The second-order valence-electron chi connectivity index (χ2n) is 4.15. The fourth-order valence-corrected chi connectivity index (χ4v) is 2.45. The zero-order chi connectivity index (χ0) is 14.8. The van der Waals surface area contributed by atoms with Gasteiger partial charge in [-0.25, -0.2) is 8.42 Å².